The van der Waals surface area contributed by atoms with Crippen LogP contribution in [-0.2, 0) is 9.59 Å². The molecule has 1 saturated heterocycles. The Morgan fingerprint density at radius 2 is 1.76 bits per heavy atom. The van der Waals surface area contributed by atoms with Crippen LogP contribution in [0.15, 0.2) is 93.9 Å². The molecule has 236 valence electrons. The molecule has 4 aromatic rings. The summed E-state index contributed by atoms with van der Waals surface area (Å²) in [4.78, 5) is 47.4. The molecule has 3 aromatic carbocycles. The maximum atomic E-state index is 14.1. The van der Waals surface area contributed by atoms with E-state index >= 15 is 0 Å². The van der Waals surface area contributed by atoms with Crippen molar-refractivity contribution >= 4 is 34.9 Å². The summed E-state index contributed by atoms with van der Waals surface area (Å²) in [7, 11) is 3.10. The fourth-order valence-electron chi connectivity index (χ4n) is 5.70. The van der Waals surface area contributed by atoms with Crippen LogP contribution in [0.5, 0.6) is 17.2 Å². The normalized spacial score (nSPS) is 16.1. The van der Waals surface area contributed by atoms with E-state index in [1.807, 2.05) is 42.5 Å². The standard InChI is InChI=1S/C35H34N4O6S/c1-22-31(33(41)37-25-11-5-4-6-12-25)32(24-10-9-13-26(20-24)43-2)39-34(42)29(46-35(39)36-22)19-23-14-15-27(28(18-23)44-3)45-21-30(40)38-16-7-8-17-38/h4-6,9-15,18-20,32H,7-8,16-17,21H2,1-3H3,(H,37,41)/b29-19+/t32-/m0/s1. The minimum atomic E-state index is -0.740. The molecule has 1 N–H and O–H groups in total. The lowest BCUT2D eigenvalue weighted by molar-refractivity contribution is -0.132. The molecule has 2 amide bonds. The highest BCUT2D eigenvalue weighted by Gasteiger charge is 2.33. The number of nitrogens with one attached hydrogen (secondary N) is 1. The third-order valence-electron chi connectivity index (χ3n) is 8.00. The number of rotatable bonds is 9. The molecule has 10 nitrogen and oxygen atoms in total. The third kappa shape index (κ3) is 6.32. The lowest BCUT2D eigenvalue weighted by Gasteiger charge is -2.25. The molecule has 6 rings (SSSR count). The average Bonchev–Trinajstić information content (AvgIpc) is 3.72. The van der Waals surface area contributed by atoms with Crippen molar-refractivity contribution in [3.8, 4) is 17.2 Å². The number of benzene rings is 3. The highest BCUT2D eigenvalue weighted by molar-refractivity contribution is 7.07. The monoisotopic (exact) mass is 638 g/mol. The largest absolute Gasteiger partial charge is 0.497 e. The maximum Gasteiger partial charge on any atom is 0.271 e. The summed E-state index contributed by atoms with van der Waals surface area (Å²) in [5.41, 5.74) is 2.65. The molecule has 2 aliphatic rings. The number of nitrogens with zero attached hydrogens (tertiary/aromatic N) is 3. The summed E-state index contributed by atoms with van der Waals surface area (Å²) in [5, 5.41) is 2.96. The number of para-hydroxylation sites is 1. The number of carbonyl (C=O) groups excluding carboxylic acids is 2. The summed E-state index contributed by atoms with van der Waals surface area (Å²) in [6.07, 6.45) is 3.78. The van der Waals surface area contributed by atoms with Gasteiger partial charge in [0.25, 0.3) is 17.4 Å². The van der Waals surface area contributed by atoms with Crippen LogP contribution in [0.3, 0.4) is 0 Å². The number of allylic oxidation sites excluding steroid dienone is 1. The number of aromatic nitrogens is 1. The molecule has 0 aliphatic carbocycles. The van der Waals surface area contributed by atoms with Gasteiger partial charge in [-0.05, 0) is 73.4 Å². The van der Waals surface area contributed by atoms with E-state index in [1.54, 1.807) is 59.9 Å². The van der Waals surface area contributed by atoms with Gasteiger partial charge in [0, 0.05) is 18.8 Å². The second-order valence-corrected chi connectivity index (χ2v) is 12.0. The van der Waals surface area contributed by atoms with Crippen LogP contribution < -0.4 is 34.4 Å². The Morgan fingerprint density at radius 1 is 0.978 bits per heavy atom. The molecule has 0 unspecified atom stereocenters. The number of anilines is 1. The number of ether oxygens (including phenoxy) is 3. The number of hydrogen-bond donors (Lipinski definition) is 1. The van der Waals surface area contributed by atoms with Gasteiger partial charge < -0.3 is 24.4 Å². The molecule has 46 heavy (non-hydrogen) atoms. The van der Waals surface area contributed by atoms with Crippen LogP contribution in [0.2, 0.25) is 0 Å². The zero-order chi connectivity index (χ0) is 32.2. The Bertz CT molecular complexity index is 1990. The number of thiazole rings is 1. The molecular formula is C35H34N4O6S. The van der Waals surface area contributed by atoms with Crippen molar-refractivity contribution in [1.29, 1.82) is 0 Å². The Kier molecular flexibility index (Phi) is 9.02. The molecule has 1 aromatic heterocycles. The number of methoxy groups -OCH3 is 2. The number of carbonyl (C=O) groups is 2. The fraction of sp³-hybridized carbons (Fsp3) is 0.257. The van der Waals surface area contributed by atoms with E-state index in [2.05, 4.69) is 5.32 Å². The number of hydrogen-bond acceptors (Lipinski definition) is 8. The van der Waals surface area contributed by atoms with Gasteiger partial charge in [-0.1, -0.05) is 47.7 Å². The van der Waals surface area contributed by atoms with Gasteiger partial charge in [0.05, 0.1) is 36.1 Å². The molecule has 1 fully saturated rings. The minimum absolute atomic E-state index is 0.0533. The molecule has 11 heteroatoms. The van der Waals surface area contributed by atoms with Crippen LogP contribution in [0.4, 0.5) is 5.69 Å². The molecule has 3 heterocycles. The van der Waals surface area contributed by atoms with Crippen LogP contribution in [0.1, 0.15) is 36.9 Å². The van der Waals surface area contributed by atoms with Crippen LogP contribution >= 0.6 is 11.3 Å². The van der Waals surface area contributed by atoms with E-state index < -0.39 is 6.04 Å². The molecule has 0 saturated carbocycles. The zero-order valence-electron chi connectivity index (χ0n) is 25.8. The summed E-state index contributed by atoms with van der Waals surface area (Å²) in [6.45, 7) is 3.22. The van der Waals surface area contributed by atoms with E-state index in [4.69, 9.17) is 19.2 Å². The Labute approximate surface area is 269 Å². The van der Waals surface area contributed by atoms with Crippen molar-refractivity contribution in [3.63, 3.8) is 0 Å². The molecule has 0 radical (unpaired) electrons. The summed E-state index contributed by atoms with van der Waals surface area (Å²) in [6, 6.07) is 21.1. The fourth-order valence-corrected chi connectivity index (χ4v) is 6.75. The van der Waals surface area contributed by atoms with E-state index in [-0.39, 0.29) is 24.0 Å². The Morgan fingerprint density at radius 3 is 2.50 bits per heavy atom. The first kappa shape index (κ1) is 30.8. The topological polar surface area (TPSA) is 111 Å². The number of likely N-dealkylation sites (tertiary alicyclic amines) is 1. The summed E-state index contributed by atoms with van der Waals surface area (Å²) >= 11 is 1.24. The van der Waals surface area contributed by atoms with Gasteiger partial charge >= 0.3 is 0 Å². The van der Waals surface area contributed by atoms with Gasteiger partial charge in [-0.3, -0.25) is 19.0 Å². The minimum Gasteiger partial charge on any atom is -0.497 e. The lowest BCUT2D eigenvalue weighted by Crippen LogP contribution is -2.40. The summed E-state index contributed by atoms with van der Waals surface area (Å²) in [5.74, 6) is 1.09. The third-order valence-corrected chi connectivity index (χ3v) is 8.99. The lowest BCUT2D eigenvalue weighted by atomic mass is 9.95. The van der Waals surface area contributed by atoms with Gasteiger partial charge in [-0.25, -0.2) is 4.99 Å². The maximum absolute atomic E-state index is 14.1. The van der Waals surface area contributed by atoms with Crippen molar-refractivity contribution in [3.05, 3.63) is 115 Å². The van der Waals surface area contributed by atoms with Gasteiger partial charge in [0.1, 0.15) is 5.75 Å². The van der Waals surface area contributed by atoms with Crippen molar-refractivity contribution < 1.29 is 23.8 Å². The van der Waals surface area contributed by atoms with Crippen molar-refractivity contribution in [2.75, 3.05) is 39.2 Å². The predicted octanol–water partition coefficient (Wildman–Crippen LogP) is 3.89. The zero-order valence-corrected chi connectivity index (χ0v) is 26.6. The van der Waals surface area contributed by atoms with E-state index in [0.717, 1.165) is 25.9 Å². The number of amides is 2. The molecule has 2 aliphatic heterocycles. The second kappa shape index (κ2) is 13.5. The van der Waals surface area contributed by atoms with Gasteiger partial charge in [-0.15, -0.1) is 0 Å². The van der Waals surface area contributed by atoms with E-state index in [0.29, 0.717) is 54.7 Å². The Hall–Kier alpha value is -5.16. The summed E-state index contributed by atoms with van der Waals surface area (Å²) < 4.78 is 18.8. The first-order valence-electron chi connectivity index (χ1n) is 15.0. The van der Waals surface area contributed by atoms with Gasteiger partial charge in [0.15, 0.2) is 22.9 Å². The first-order valence-corrected chi connectivity index (χ1v) is 15.8. The SMILES string of the molecule is COc1cccc([C@H]2C(C(=O)Nc3ccccc3)=C(C)N=c3s/c(=C/c4ccc(OCC(=O)N5CCCC5)c(OC)c4)c(=O)n32)c1. The van der Waals surface area contributed by atoms with Crippen molar-refractivity contribution in [2.45, 2.75) is 25.8 Å². The smallest absolute Gasteiger partial charge is 0.271 e. The van der Waals surface area contributed by atoms with Crippen LogP contribution in [0.25, 0.3) is 6.08 Å². The highest BCUT2D eigenvalue weighted by Crippen LogP contribution is 2.33. The molecule has 0 bridgehead atoms. The molecule has 1 atom stereocenters. The van der Waals surface area contributed by atoms with E-state index in [1.165, 1.54) is 18.4 Å². The molecular weight excluding hydrogens is 604 g/mol. The van der Waals surface area contributed by atoms with Gasteiger partial charge in [-0.2, -0.15) is 0 Å². The van der Waals surface area contributed by atoms with Crippen molar-refractivity contribution in [1.82, 2.24) is 9.47 Å². The quantitative estimate of drug-likeness (QED) is 0.298. The first-order chi connectivity index (χ1) is 22.4. The van der Waals surface area contributed by atoms with E-state index in [9.17, 15) is 14.4 Å². The second-order valence-electron chi connectivity index (χ2n) is 11.0. The molecule has 0 spiro atoms. The highest BCUT2D eigenvalue weighted by atomic mass is 32.1. The number of fused-ring (bicyclic) bond motifs is 1. The van der Waals surface area contributed by atoms with Crippen LogP contribution in [0, 0.1) is 0 Å². The van der Waals surface area contributed by atoms with Crippen molar-refractivity contribution in [2.24, 2.45) is 4.99 Å². The average molecular weight is 639 g/mol. The van der Waals surface area contributed by atoms with Crippen LogP contribution in [-0.4, -0.2) is 55.2 Å². The predicted molar refractivity (Wildman–Crippen MR) is 176 cm³/mol. The van der Waals surface area contributed by atoms with Gasteiger partial charge in [0.2, 0.25) is 0 Å². The Balaban J connectivity index is 1.37.